The smallest absolute Gasteiger partial charge is 0.359 e. The average Bonchev–Trinajstić information content (AvgIpc) is 3.16. The van der Waals surface area contributed by atoms with Crippen molar-refractivity contribution in [3.63, 3.8) is 0 Å². The van der Waals surface area contributed by atoms with Crippen LogP contribution in [0.4, 0.5) is 0 Å². The van der Waals surface area contributed by atoms with Crippen molar-refractivity contribution >= 4 is 38.2 Å². The van der Waals surface area contributed by atoms with Crippen LogP contribution in [0.5, 0.6) is 0 Å². The van der Waals surface area contributed by atoms with Gasteiger partial charge in [0.25, 0.3) is 0 Å². The van der Waals surface area contributed by atoms with Crippen LogP contribution in [0.2, 0.25) is 18.1 Å². The minimum absolute atomic E-state index is 0.0182. The van der Waals surface area contributed by atoms with Crippen molar-refractivity contribution < 1.29 is 27.8 Å². The van der Waals surface area contributed by atoms with Crippen molar-refractivity contribution in [3.05, 3.63) is 72.1 Å². The van der Waals surface area contributed by atoms with Crippen LogP contribution in [0, 0.1) is 5.92 Å². The lowest BCUT2D eigenvalue weighted by molar-refractivity contribution is -0.165. The molecule has 7 nitrogen and oxygen atoms in total. The molecule has 3 atom stereocenters. The Balaban J connectivity index is 1.73. The summed E-state index contributed by atoms with van der Waals surface area (Å²) in [4.78, 5) is 28.7. The first kappa shape index (κ1) is 30.3. The van der Waals surface area contributed by atoms with Crippen LogP contribution in [0.3, 0.4) is 0 Å². The molecule has 9 heteroatoms. The molecule has 1 amide bonds. The molecule has 0 aliphatic carbocycles. The van der Waals surface area contributed by atoms with Gasteiger partial charge in [-0.1, -0.05) is 57.2 Å². The summed E-state index contributed by atoms with van der Waals surface area (Å²) in [5.74, 6) is -1.10. The molecule has 2 aliphatic rings. The molecule has 2 aromatic rings. The number of hydrogen-bond acceptors (Lipinski definition) is 6. The van der Waals surface area contributed by atoms with Crippen molar-refractivity contribution in [2.24, 2.45) is 5.92 Å². The van der Waals surface area contributed by atoms with Gasteiger partial charge in [0.15, 0.2) is 14.0 Å². The normalized spacial score (nSPS) is 20.6. The lowest BCUT2D eigenvalue weighted by Crippen LogP contribution is -2.63. The molecule has 0 bridgehead atoms. The maximum atomic E-state index is 14.7. The number of fused-ring (bicyclic) bond motifs is 1. The van der Waals surface area contributed by atoms with Gasteiger partial charge in [-0.15, -0.1) is 0 Å². The molecular formula is C31H42NO6PSi. The minimum Gasteiger partial charge on any atom is -0.455 e. The molecule has 2 heterocycles. The van der Waals surface area contributed by atoms with Gasteiger partial charge in [-0.25, -0.2) is 4.79 Å². The zero-order chi connectivity index (χ0) is 29.7. The van der Waals surface area contributed by atoms with E-state index in [-0.39, 0.29) is 41.0 Å². The SMILES string of the molecule is CC(O[Si](C)(C)C(C)(C)C)[C@H]1C(=O)N2C(C(=O)OC(C)(C)C)=C(OP(=O)(c3ccccc3)c3ccccc3)C[C@H]12. The van der Waals surface area contributed by atoms with E-state index in [1.807, 2.05) is 19.1 Å². The van der Waals surface area contributed by atoms with Gasteiger partial charge in [-0.3, -0.25) is 14.3 Å². The predicted molar refractivity (Wildman–Crippen MR) is 160 cm³/mol. The molecule has 1 saturated heterocycles. The van der Waals surface area contributed by atoms with Gasteiger partial charge in [0.05, 0.1) is 28.7 Å². The van der Waals surface area contributed by atoms with Crippen molar-refractivity contribution in [1.29, 1.82) is 0 Å². The molecule has 216 valence electrons. The summed E-state index contributed by atoms with van der Waals surface area (Å²) in [6, 6.07) is 17.6. The highest BCUT2D eigenvalue weighted by molar-refractivity contribution is 7.74. The van der Waals surface area contributed by atoms with E-state index in [0.29, 0.717) is 10.6 Å². The lowest BCUT2D eigenvalue weighted by atomic mass is 9.83. The number of nitrogens with zero attached hydrogens (tertiary/aromatic N) is 1. The Morgan fingerprint density at radius 2 is 1.45 bits per heavy atom. The quantitative estimate of drug-likeness (QED) is 0.161. The first-order valence-electron chi connectivity index (χ1n) is 13.8. The van der Waals surface area contributed by atoms with E-state index in [4.69, 9.17) is 13.7 Å². The molecule has 1 fully saturated rings. The van der Waals surface area contributed by atoms with E-state index in [9.17, 15) is 14.2 Å². The van der Waals surface area contributed by atoms with E-state index in [0.717, 1.165) is 0 Å². The van der Waals surface area contributed by atoms with E-state index in [2.05, 4.69) is 33.9 Å². The zero-order valence-electron chi connectivity index (χ0n) is 25.1. The van der Waals surface area contributed by atoms with Gasteiger partial charge in [0.1, 0.15) is 11.4 Å². The highest BCUT2D eigenvalue weighted by atomic mass is 31.2. The monoisotopic (exact) mass is 583 g/mol. The van der Waals surface area contributed by atoms with Crippen LogP contribution in [-0.4, -0.2) is 42.8 Å². The second-order valence-corrected chi connectivity index (χ2v) is 20.3. The number of hydrogen-bond donors (Lipinski definition) is 0. The Morgan fingerprint density at radius 3 is 1.90 bits per heavy atom. The van der Waals surface area contributed by atoms with Gasteiger partial charge in [-0.05, 0) is 70.1 Å². The van der Waals surface area contributed by atoms with Gasteiger partial charge < -0.3 is 13.7 Å². The lowest BCUT2D eigenvalue weighted by Gasteiger charge is -2.48. The maximum Gasteiger partial charge on any atom is 0.359 e. The van der Waals surface area contributed by atoms with Crippen LogP contribution < -0.4 is 10.6 Å². The Kier molecular flexibility index (Phi) is 8.04. The average molecular weight is 584 g/mol. The summed E-state index contributed by atoms with van der Waals surface area (Å²) in [5, 5.41) is 0.989. The minimum atomic E-state index is -3.67. The van der Waals surface area contributed by atoms with E-state index >= 15 is 0 Å². The van der Waals surface area contributed by atoms with E-state index < -0.39 is 33.2 Å². The molecular weight excluding hydrogens is 541 g/mol. The van der Waals surface area contributed by atoms with Gasteiger partial charge >= 0.3 is 13.3 Å². The van der Waals surface area contributed by atoms with E-state index in [1.54, 1.807) is 69.3 Å². The van der Waals surface area contributed by atoms with Crippen molar-refractivity contribution in [3.8, 4) is 0 Å². The molecule has 2 aromatic carbocycles. The van der Waals surface area contributed by atoms with Crippen molar-refractivity contribution in [2.75, 3.05) is 0 Å². The van der Waals surface area contributed by atoms with Crippen molar-refractivity contribution in [1.82, 2.24) is 4.90 Å². The fraction of sp³-hybridized carbons (Fsp3) is 0.484. The summed E-state index contributed by atoms with van der Waals surface area (Å²) in [6.07, 6.45) is -0.0937. The van der Waals surface area contributed by atoms with Crippen LogP contribution in [0.1, 0.15) is 54.9 Å². The fourth-order valence-corrected chi connectivity index (χ4v) is 8.53. The largest absolute Gasteiger partial charge is 0.455 e. The Labute approximate surface area is 239 Å². The number of β-lactam (4-membered cyclic amide) rings is 1. The first-order valence-corrected chi connectivity index (χ1v) is 18.4. The van der Waals surface area contributed by atoms with Crippen LogP contribution in [0.25, 0.3) is 0 Å². The summed E-state index contributed by atoms with van der Waals surface area (Å²) in [5.41, 5.74) is -0.755. The third-order valence-corrected chi connectivity index (χ3v) is 15.0. The molecule has 0 N–H and O–H groups in total. The first-order chi connectivity index (χ1) is 18.5. The number of carbonyl (C=O) groups excluding carboxylic acids is 2. The Bertz CT molecular complexity index is 1300. The van der Waals surface area contributed by atoms with Gasteiger partial charge in [0, 0.05) is 6.42 Å². The number of esters is 1. The summed E-state index contributed by atoms with van der Waals surface area (Å²) in [6.45, 7) is 18.1. The molecule has 40 heavy (non-hydrogen) atoms. The highest BCUT2D eigenvalue weighted by Gasteiger charge is 2.60. The summed E-state index contributed by atoms with van der Waals surface area (Å²) in [7, 11) is -5.83. The number of ether oxygens (including phenoxy) is 1. The van der Waals surface area contributed by atoms with Gasteiger partial charge in [-0.2, -0.15) is 0 Å². The number of benzene rings is 2. The Morgan fingerprint density at radius 1 is 0.950 bits per heavy atom. The van der Waals surface area contributed by atoms with Crippen molar-refractivity contribution in [2.45, 2.75) is 90.8 Å². The fourth-order valence-electron chi connectivity index (χ4n) is 4.99. The second kappa shape index (κ2) is 10.6. The Hall–Kier alpha value is -2.67. The molecule has 0 radical (unpaired) electrons. The zero-order valence-corrected chi connectivity index (χ0v) is 27.0. The van der Waals surface area contributed by atoms with Gasteiger partial charge in [0.2, 0.25) is 5.91 Å². The topological polar surface area (TPSA) is 82.1 Å². The second-order valence-electron chi connectivity index (χ2n) is 13.2. The third kappa shape index (κ3) is 5.72. The molecule has 0 aromatic heterocycles. The summed E-state index contributed by atoms with van der Waals surface area (Å²) < 4.78 is 33.5. The molecule has 1 unspecified atom stereocenters. The van der Waals surface area contributed by atoms with Crippen LogP contribution >= 0.6 is 7.37 Å². The third-order valence-electron chi connectivity index (χ3n) is 7.98. The van der Waals surface area contributed by atoms with Crippen LogP contribution in [0.15, 0.2) is 72.1 Å². The molecule has 4 rings (SSSR count). The molecule has 0 saturated carbocycles. The summed E-state index contributed by atoms with van der Waals surface area (Å²) >= 11 is 0. The highest BCUT2D eigenvalue weighted by Crippen LogP contribution is 2.53. The molecule has 0 spiro atoms. The number of amides is 1. The van der Waals surface area contributed by atoms with E-state index in [1.165, 1.54) is 4.90 Å². The van der Waals surface area contributed by atoms with Crippen LogP contribution in [-0.2, 0) is 27.8 Å². The molecule has 2 aliphatic heterocycles. The number of rotatable bonds is 8. The number of carbonyl (C=O) groups is 2. The maximum absolute atomic E-state index is 14.7. The standard InChI is InChI=1S/C31H42NO6PSi/c1-21(38-40(8,9)31(5,6)7)26-24-20-25(27(32(24)28(26)33)29(34)36-30(2,3)4)37-39(35,22-16-12-10-13-17-22)23-18-14-11-15-19-23/h10-19,21,24,26H,20H2,1-9H3/t21?,24-,26-/m1/s1. The predicted octanol–water partition coefficient (Wildman–Crippen LogP) is 6.13.